The van der Waals surface area contributed by atoms with Crippen LogP contribution >= 0.6 is 0 Å². The molecule has 3 rings (SSSR count). The molecule has 0 spiro atoms. The van der Waals surface area contributed by atoms with Crippen LogP contribution in [0, 0.1) is 0 Å². The molecule has 1 aromatic rings. The summed E-state index contributed by atoms with van der Waals surface area (Å²) in [4.78, 5) is 35.7. The van der Waals surface area contributed by atoms with Crippen LogP contribution in [0.15, 0.2) is 23.6 Å². The number of hydrogen-bond acceptors (Lipinski definition) is 6. The van der Waals surface area contributed by atoms with Crippen molar-refractivity contribution in [3.63, 3.8) is 0 Å². The van der Waals surface area contributed by atoms with Crippen molar-refractivity contribution < 1.29 is 9.59 Å². The molecule has 0 radical (unpaired) electrons. The molecule has 1 N–H and O–H groups in total. The van der Waals surface area contributed by atoms with E-state index in [0.29, 0.717) is 31.3 Å². The Bertz CT molecular complexity index is 573. The molecule has 0 unspecified atom stereocenters. The molecule has 1 aromatic heterocycles. The van der Waals surface area contributed by atoms with E-state index in [4.69, 9.17) is 0 Å². The Hall–Kier alpha value is -2.51. The number of carbonyl (C=O) groups excluding carboxylic acids is 2. The standard InChI is InChI=1S/C13H16N6O2/c20-11-9-10(16-17-11)12(21)18-5-2-6-19(8-7-18)13-14-3-1-4-15-13/h1,3-4H,2,5-9H2,(H,17,20). The quantitative estimate of drug-likeness (QED) is 0.784. The van der Waals surface area contributed by atoms with Gasteiger partial charge < -0.3 is 9.80 Å². The number of rotatable bonds is 2. The summed E-state index contributed by atoms with van der Waals surface area (Å²) in [6.45, 7) is 2.70. The molecule has 1 fully saturated rings. The Kier molecular flexibility index (Phi) is 3.76. The fraction of sp³-hybridized carbons (Fsp3) is 0.462. The average Bonchev–Trinajstić information content (AvgIpc) is 2.81. The largest absolute Gasteiger partial charge is 0.339 e. The van der Waals surface area contributed by atoms with Crippen molar-refractivity contribution in [3.8, 4) is 0 Å². The normalized spacial score (nSPS) is 19.0. The summed E-state index contributed by atoms with van der Waals surface area (Å²) in [6, 6.07) is 1.78. The van der Waals surface area contributed by atoms with Gasteiger partial charge in [-0.2, -0.15) is 5.10 Å². The number of anilines is 1. The summed E-state index contributed by atoms with van der Waals surface area (Å²) in [5.74, 6) is 0.290. The SMILES string of the molecule is O=C1CC(C(=O)N2CCCN(c3ncccn3)CC2)=NN1. The van der Waals surface area contributed by atoms with Gasteiger partial charge in [-0.05, 0) is 12.5 Å². The van der Waals surface area contributed by atoms with E-state index >= 15 is 0 Å². The first-order valence-corrected chi connectivity index (χ1v) is 6.90. The molecular formula is C13H16N6O2. The molecule has 0 bridgehead atoms. The van der Waals surface area contributed by atoms with Gasteiger partial charge in [-0.25, -0.2) is 15.4 Å². The van der Waals surface area contributed by atoms with Gasteiger partial charge in [-0.3, -0.25) is 9.59 Å². The van der Waals surface area contributed by atoms with Gasteiger partial charge in [0.25, 0.3) is 5.91 Å². The minimum atomic E-state index is -0.229. The number of hydrogen-bond donors (Lipinski definition) is 1. The lowest BCUT2D eigenvalue weighted by molar-refractivity contribution is -0.124. The molecular weight excluding hydrogens is 272 g/mol. The molecule has 2 amide bonds. The van der Waals surface area contributed by atoms with Crippen molar-refractivity contribution in [3.05, 3.63) is 18.5 Å². The predicted molar refractivity (Wildman–Crippen MR) is 75.6 cm³/mol. The number of nitrogens with zero attached hydrogens (tertiary/aromatic N) is 5. The van der Waals surface area contributed by atoms with Gasteiger partial charge in [-0.15, -0.1) is 0 Å². The number of carbonyl (C=O) groups is 2. The molecule has 2 aliphatic heterocycles. The maximum atomic E-state index is 12.3. The van der Waals surface area contributed by atoms with E-state index in [1.54, 1.807) is 23.4 Å². The van der Waals surface area contributed by atoms with E-state index in [9.17, 15) is 9.59 Å². The van der Waals surface area contributed by atoms with Crippen molar-refractivity contribution in [2.24, 2.45) is 5.10 Å². The smallest absolute Gasteiger partial charge is 0.270 e. The van der Waals surface area contributed by atoms with Gasteiger partial charge in [0.2, 0.25) is 11.9 Å². The van der Waals surface area contributed by atoms with Gasteiger partial charge in [0, 0.05) is 38.6 Å². The monoisotopic (exact) mass is 288 g/mol. The van der Waals surface area contributed by atoms with E-state index in [2.05, 4.69) is 25.4 Å². The summed E-state index contributed by atoms with van der Waals surface area (Å²) < 4.78 is 0. The fourth-order valence-corrected chi connectivity index (χ4v) is 2.44. The van der Waals surface area contributed by atoms with Crippen LogP contribution in [0.1, 0.15) is 12.8 Å². The Balaban J connectivity index is 1.63. The zero-order valence-electron chi connectivity index (χ0n) is 11.5. The molecule has 0 aromatic carbocycles. The summed E-state index contributed by atoms with van der Waals surface area (Å²) in [6.07, 6.45) is 4.32. The van der Waals surface area contributed by atoms with Gasteiger partial charge >= 0.3 is 0 Å². The Morgan fingerprint density at radius 2 is 1.95 bits per heavy atom. The first-order valence-electron chi connectivity index (χ1n) is 6.90. The first-order chi connectivity index (χ1) is 10.2. The van der Waals surface area contributed by atoms with Crippen LogP contribution in [0.2, 0.25) is 0 Å². The molecule has 0 atom stereocenters. The zero-order valence-corrected chi connectivity index (χ0v) is 11.5. The molecule has 0 saturated carbocycles. The van der Waals surface area contributed by atoms with E-state index < -0.39 is 0 Å². The summed E-state index contributed by atoms with van der Waals surface area (Å²) in [5, 5.41) is 3.79. The lowest BCUT2D eigenvalue weighted by Crippen LogP contribution is -2.39. The van der Waals surface area contributed by atoms with E-state index in [0.717, 1.165) is 13.0 Å². The highest BCUT2D eigenvalue weighted by atomic mass is 16.2. The van der Waals surface area contributed by atoms with E-state index in [1.165, 1.54) is 0 Å². The summed E-state index contributed by atoms with van der Waals surface area (Å²) >= 11 is 0. The van der Waals surface area contributed by atoms with Crippen LogP contribution in [0.4, 0.5) is 5.95 Å². The molecule has 8 nitrogen and oxygen atoms in total. The first kappa shape index (κ1) is 13.5. The highest BCUT2D eigenvalue weighted by Crippen LogP contribution is 2.11. The lowest BCUT2D eigenvalue weighted by Gasteiger charge is -2.21. The lowest BCUT2D eigenvalue weighted by atomic mass is 10.2. The second kappa shape index (κ2) is 5.86. The van der Waals surface area contributed by atoms with Gasteiger partial charge in [0.15, 0.2) is 0 Å². The number of nitrogens with one attached hydrogen (secondary N) is 1. The molecule has 1 saturated heterocycles. The van der Waals surface area contributed by atoms with Crippen LogP contribution in [0.25, 0.3) is 0 Å². The Labute approximate surface area is 121 Å². The third-order valence-corrected chi connectivity index (χ3v) is 3.51. The molecule has 8 heteroatoms. The maximum Gasteiger partial charge on any atom is 0.270 e. The van der Waals surface area contributed by atoms with Crippen LogP contribution in [0.3, 0.4) is 0 Å². The Morgan fingerprint density at radius 3 is 2.67 bits per heavy atom. The van der Waals surface area contributed by atoms with E-state index in [1.807, 2.05) is 0 Å². The topological polar surface area (TPSA) is 90.8 Å². The second-order valence-electron chi connectivity index (χ2n) is 4.95. The maximum absolute atomic E-state index is 12.3. The van der Waals surface area contributed by atoms with Crippen LogP contribution in [-0.2, 0) is 9.59 Å². The molecule has 2 aliphatic rings. The van der Waals surface area contributed by atoms with Crippen molar-refractivity contribution in [2.45, 2.75) is 12.8 Å². The minimum absolute atomic E-state index is 0.0703. The van der Waals surface area contributed by atoms with Gasteiger partial charge in [-0.1, -0.05) is 0 Å². The second-order valence-corrected chi connectivity index (χ2v) is 4.95. The molecule has 21 heavy (non-hydrogen) atoms. The fourth-order valence-electron chi connectivity index (χ4n) is 2.44. The van der Waals surface area contributed by atoms with Crippen molar-refractivity contribution in [2.75, 3.05) is 31.1 Å². The molecule has 3 heterocycles. The highest BCUT2D eigenvalue weighted by Gasteiger charge is 2.27. The highest BCUT2D eigenvalue weighted by molar-refractivity contribution is 6.43. The number of hydrazone groups is 1. The third-order valence-electron chi connectivity index (χ3n) is 3.51. The molecule has 0 aliphatic carbocycles. The van der Waals surface area contributed by atoms with Crippen LogP contribution in [-0.4, -0.2) is 58.6 Å². The van der Waals surface area contributed by atoms with Crippen LogP contribution in [0.5, 0.6) is 0 Å². The van der Waals surface area contributed by atoms with Crippen molar-refractivity contribution >= 4 is 23.5 Å². The Morgan fingerprint density at radius 1 is 1.14 bits per heavy atom. The van der Waals surface area contributed by atoms with Crippen LogP contribution < -0.4 is 10.3 Å². The minimum Gasteiger partial charge on any atom is -0.339 e. The van der Waals surface area contributed by atoms with Crippen molar-refractivity contribution in [1.29, 1.82) is 0 Å². The number of amides is 2. The average molecular weight is 288 g/mol. The summed E-state index contributed by atoms with van der Waals surface area (Å²) in [7, 11) is 0. The summed E-state index contributed by atoms with van der Waals surface area (Å²) in [5.41, 5.74) is 2.61. The van der Waals surface area contributed by atoms with E-state index in [-0.39, 0.29) is 18.2 Å². The van der Waals surface area contributed by atoms with Gasteiger partial charge in [0.1, 0.15) is 5.71 Å². The third kappa shape index (κ3) is 2.99. The zero-order chi connectivity index (χ0) is 14.7. The molecule has 110 valence electrons. The van der Waals surface area contributed by atoms with Crippen molar-refractivity contribution in [1.82, 2.24) is 20.3 Å². The van der Waals surface area contributed by atoms with Gasteiger partial charge in [0.05, 0.1) is 6.42 Å². The predicted octanol–water partition coefficient (Wildman–Crippen LogP) is -0.609. The number of aromatic nitrogens is 2.